The lowest BCUT2D eigenvalue weighted by atomic mass is 10.1. The predicted octanol–water partition coefficient (Wildman–Crippen LogP) is 2.90. The Kier molecular flexibility index (Phi) is 3.89. The molecule has 0 spiro atoms. The molecule has 18 heavy (non-hydrogen) atoms. The summed E-state index contributed by atoms with van der Waals surface area (Å²) in [4.78, 5) is 4.18. The molecule has 0 saturated carbocycles. The standard InChI is InChI=1S/C14H15FN2O/c1-10(16)9-11-3-2-8-17-14(11)18-13-6-4-12(15)5-7-13/h2-8,10H,9,16H2,1H3. The predicted molar refractivity (Wildman–Crippen MR) is 68.1 cm³/mol. The van der Waals surface area contributed by atoms with E-state index in [1.54, 1.807) is 18.3 Å². The summed E-state index contributed by atoms with van der Waals surface area (Å²) in [7, 11) is 0. The molecule has 4 heteroatoms. The van der Waals surface area contributed by atoms with Crippen LogP contribution in [0.1, 0.15) is 12.5 Å². The van der Waals surface area contributed by atoms with Crippen LogP contribution in [0.5, 0.6) is 11.6 Å². The van der Waals surface area contributed by atoms with E-state index in [1.807, 2.05) is 19.1 Å². The highest BCUT2D eigenvalue weighted by molar-refractivity contribution is 5.32. The summed E-state index contributed by atoms with van der Waals surface area (Å²) in [6.45, 7) is 1.93. The van der Waals surface area contributed by atoms with Gasteiger partial charge in [-0.2, -0.15) is 0 Å². The first-order valence-corrected chi connectivity index (χ1v) is 5.78. The quantitative estimate of drug-likeness (QED) is 0.902. The molecule has 0 aliphatic heterocycles. The maximum Gasteiger partial charge on any atom is 0.222 e. The molecule has 0 fully saturated rings. The smallest absolute Gasteiger partial charge is 0.222 e. The highest BCUT2D eigenvalue weighted by Crippen LogP contribution is 2.23. The monoisotopic (exact) mass is 246 g/mol. The van der Waals surface area contributed by atoms with Crippen molar-refractivity contribution in [1.82, 2.24) is 4.98 Å². The van der Waals surface area contributed by atoms with Crippen molar-refractivity contribution in [3.8, 4) is 11.6 Å². The van der Waals surface area contributed by atoms with Crippen LogP contribution in [0.2, 0.25) is 0 Å². The number of nitrogens with zero attached hydrogens (tertiary/aromatic N) is 1. The van der Waals surface area contributed by atoms with Crippen LogP contribution >= 0.6 is 0 Å². The Labute approximate surface area is 105 Å². The van der Waals surface area contributed by atoms with Gasteiger partial charge in [-0.3, -0.25) is 0 Å². The van der Waals surface area contributed by atoms with Gasteiger partial charge in [0, 0.05) is 17.8 Å². The Hall–Kier alpha value is -1.94. The fourth-order valence-corrected chi connectivity index (χ4v) is 1.63. The summed E-state index contributed by atoms with van der Waals surface area (Å²) in [5, 5.41) is 0. The second-order valence-electron chi connectivity index (χ2n) is 4.21. The first-order valence-electron chi connectivity index (χ1n) is 5.78. The van der Waals surface area contributed by atoms with Crippen molar-refractivity contribution in [3.63, 3.8) is 0 Å². The number of halogens is 1. The van der Waals surface area contributed by atoms with Crippen molar-refractivity contribution in [2.75, 3.05) is 0 Å². The summed E-state index contributed by atoms with van der Waals surface area (Å²) in [5.41, 5.74) is 6.72. The zero-order valence-corrected chi connectivity index (χ0v) is 10.1. The number of rotatable bonds is 4. The summed E-state index contributed by atoms with van der Waals surface area (Å²) >= 11 is 0. The third-order valence-electron chi connectivity index (χ3n) is 2.42. The van der Waals surface area contributed by atoms with E-state index in [2.05, 4.69) is 4.98 Å². The van der Waals surface area contributed by atoms with Crippen molar-refractivity contribution < 1.29 is 9.13 Å². The van der Waals surface area contributed by atoms with E-state index in [-0.39, 0.29) is 11.9 Å². The molecule has 3 nitrogen and oxygen atoms in total. The van der Waals surface area contributed by atoms with Crippen LogP contribution < -0.4 is 10.5 Å². The van der Waals surface area contributed by atoms with Gasteiger partial charge in [-0.25, -0.2) is 9.37 Å². The van der Waals surface area contributed by atoms with E-state index >= 15 is 0 Å². The van der Waals surface area contributed by atoms with E-state index in [0.717, 1.165) is 5.56 Å². The van der Waals surface area contributed by atoms with E-state index in [0.29, 0.717) is 18.1 Å². The van der Waals surface area contributed by atoms with Crippen molar-refractivity contribution in [1.29, 1.82) is 0 Å². The van der Waals surface area contributed by atoms with Crippen LogP contribution in [-0.2, 0) is 6.42 Å². The number of benzene rings is 1. The molecule has 2 aromatic rings. The van der Waals surface area contributed by atoms with Gasteiger partial charge in [-0.15, -0.1) is 0 Å². The minimum Gasteiger partial charge on any atom is -0.439 e. The van der Waals surface area contributed by atoms with Crippen molar-refractivity contribution in [2.45, 2.75) is 19.4 Å². The first-order chi connectivity index (χ1) is 8.65. The number of nitrogens with two attached hydrogens (primary N) is 1. The molecule has 0 aliphatic rings. The first kappa shape index (κ1) is 12.5. The van der Waals surface area contributed by atoms with Crippen LogP contribution in [0, 0.1) is 5.82 Å². The van der Waals surface area contributed by atoms with Crippen molar-refractivity contribution >= 4 is 0 Å². The molecular weight excluding hydrogens is 231 g/mol. The van der Waals surface area contributed by atoms with Gasteiger partial charge in [0.25, 0.3) is 0 Å². The van der Waals surface area contributed by atoms with Gasteiger partial charge in [0.2, 0.25) is 5.88 Å². The molecule has 1 heterocycles. The molecule has 1 aromatic carbocycles. The van der Waals surface area contributed by atoms with Crippen LogP contribution in [0.3, 0.4) is 0 Å². The fourth-order valence-electron chi connectivity index (χ4n) is 1.63. The second-order valence-corrected chi connectivity index (χ2v) is 4.21. The summed E-state index contributed by atoms with van der Waals surface area (Å²) < 4.78 is 18.4. The average Bonchev–Trinajstić information content (AvgIpc) is 2.34. The molecule has 2 rings (SSSR count). The lowest BCUT2D eigenvalue weighted by molar-refractivity contribution is 0.452. The topological polar surface area (TPSA) is 48.1 Å². The summed E-state index contributed by atoms with van der Waals surface area (Å²) in [6, 6.07) is 9.64. The SMILES string of the molecule is CC(N)Cc1cccnc1Oc1ccc(F)cc1. The third kappa shape index (κ3) is 3.28. The molecule has 94 valence electrons. The van der Waals surface area contributed by atoms with Crippen LogP contribution in [-0.4, -0.2) is 11.0 Å². The second kappa shape index (κ2) is 5.60. The summed E-state index contributed by atoms with van der Waals surface area (Å²) in [5.74, 6) is 0.779. The Morgan fingerprint density at radius 2 is 2.00 bits per heavy atom. The molecule has 2 N–H and O–H groups in total. The van der Waals surface area contributed by atoms with E-state index < -0.39 is 0 Å². The van der Waals surface area contributed by atoms with Gasteiger partial charge >= 0.3 is 0 Å². The highest BCUT2D eigenvalue weighted by atomic mass is 19.1. The number of aromatic nitrogens is 1. The summed E-state index contributed by atoms with van der Waals surface area (Å²) in [6.07, 6.45) is 2.34. The Balaban J connectivity index is 2.20. The van der Waals surface area contributed by atoms with Crippen molar-refractivity contribution in [3.05, 3.63) is 54.0 Å². The minimum atomic E-state index is -0.292. The molecule has 0 radical (unpaired) electrons. The van der Waals surface area contributed by atoms with Crippen molar-refractivity contribution in [2.24, 2.45) is 5.73 Å². The maximum absolute atomic E-state index is 12.8. The van der Waals surface area contributed by atoms with E-state index in [1.165, 1.54) is 12.1 Å². The van der Waals surface area contributed by atoms with Crippen LogP contribution in [0.25, 0.3) is 0 Å². The maximum atomic E-state index is 12.8. The van der Waals surface area contributed by atoms with Gasteiger partial charge in [-0.1, -0.05) is 6.07 Å². The largest absolute Gasteiger partial charge is 0.439 e. The Morgan fingerprint density at radius 1 is 1.28 bits per heavy atom. The Bertz CT molecular complexity index is 511. The number of ether oxygens (including phenoxy) is 1. The third-order valence-corrected chi connectivity index (χ3v) is 2.42. The molecule has 1 atom stereocenters. The van der Waals surface area contributed by atoms with Gasteiger partial charge in [0.15, 0.2) is 0 Å². The molecule has 0 saturated heterocycles. The normalized spacial score (nSPS) is 12.2. The molecule has 0 bridgehead atoms. The Morgan fingerprint density at radius 3 is 2.67 bits per heavy atom. The molecule has 0 aliphatic carbocycles. The lowest BCUT2D eigenvalue weighted by Crippen LogP contribution is -2.18. The van der Waals surface area contributed by atoms with E-state index in [9.17, 15) is 4.39 Å². The number of pyridine rings is 1. The lowest BCUT2D eigenvalue weighted by Gasteiger charge is -2.11. The minimum absolute atomic E-state index is 0.0322. The van der Waals surface area contributed by atoms with Gasteiger partial charge in [-0.05, 0) is 43.7 Å². The fraction of sp³-hybridized carbons (Fsp3) is 0.214. The van der Waals surface area contributed by atoms with Crippen LogP contribution in [0.4, 0.5) is 4.39 Å². The zero-order valence-electron chi connectivity index (χ0n) is 10.1. The molecule has 0 amide bonds. The van der Waals surface area contributed by atoms with Gasteiger partial charge in [0.05, 0.1) is 0 Å². The highest BCUT2D eigenvalue weighted by Gasteiger charge is 2.08. The number of hydrogen-bond acceptors (Lipinski definition) is 3. The molecule has 1 aromatic heterocycles. The van der Waals surface area contributed by atoms with Gasteiger partial charge < -0.3 is 10.5 Å². The van der Waals surface area contributed by atoms with Gasteiger partial charge in [0.1, 0.15) is 11.6 Å². The molecule has 1 unspecified atom stereocenters. The van der Waals surface area contributed by atoms with E-state index in [4.69, 9.17) is 10.5 Å². The number of hydrogen-bond donors (Lipinski definition) is 1. The average molecular weight is 246 g/mol. The molecular formula is C14H15FN2O. The van der Waals surface area contributed by atoms with Crippen LogP contribution in [0.15, 0.2) is 42.6 Å². The zero-order chi connectivity index (χ0) is 13.0.